The maximum atomic E-state index is 6.03. The normalized spacial score (nSPS) is 17.8. The summed E-state index contributed by atoms with van der Waals surface area (Å²) < 4.78 is 8.00. The van der Waals surface area contributed by atoms with Crippen LogP contribution in [0.2, 0.25) is 0 Å². The van der Waals surface area contributed by atoms with Gasteiger partial charge in [-0.2, -0.15) is 9.61 Å². The first-order chi connectivity index (χ1) is 12.4. The molecule has 7 heteroatoms. The second-order valence-corrected chi connectivity index (χ2v) is 6.54. The molecule has 0 spiro atoms. The van der Waals surface area contributed by atoms with Crippen molar-refractivity contribution in [1.82, 2.24) is 24.9 Å². The summed E-state index contributed by atoms with van der Waals surface area (Å²) in [5.74, 6) is 2.06. The largest absolute Gasteiger partial charge is 0.487 e. The van der Waals surface area contributed by atoms with Crippen molar-refractivity contribution >= 4 is 11.5 Å². The first-order valence-electron chi connectivity index (χ1n) is 8.76. The van der Waals surface area contributed by atoms with Gasteiger partial charge in [-0.25, -0.2) is 4.98 Å². The molecule has 0 radical (unpaired) electrons. The van der Waals surface area contributed by atoms with Gasteiger partial charge < -0.3 is 15.0 Å². The van der Waals surface area contributed by atoms with Gasteiger partial charge in [-0.3, -0.25) is 4.98 Å². The van der Waals surface area contributed by atoms with Crippen molar-refractivity contribution in [3.05, 3.63) is 48.0 Å². The van der Waals surface area contributed by atoms with E-state index in [-0.39, 0.29) is 6.10 Å². The topological polar surface area (TPSA) is 67.6 Å². The van der Waals surface area contributed by atoms with E-state index in [2.05, 4.69) is 20.3 Å². The molecule has 2 aliphatic heterocycles. The average molecular weight is 336 g/mol. The van der Waals surface area contributed by atoms with Crippen LogP contribution in [0.15, 0.2) is 36.8 Å². The van der Waals surface area contributed by atoms with Gasteiger partial charge in [-0.05, 0) is 25.1 Å². The Hall–Kier alpha value is -2.67. The van der Waals surface area contributed by atoms with Crippen LogP contribution in [0.4, 0.5) is 5.82 Å². The highest BCUT2D eigenvalue weighted by atomic mass is 16.5. The van der Waals surface area contributed by atoms with Crippen LogP contribution in [0.5, 0.6) is 5.75 Å². The van der Waals surface area contributed by atoms with Gasteiger partial charge in [-0.1, -0.05) is 0 Å². The van der Waals surface area contributed by atoms with Crippen molar-refractivity contribution in [2.24, 2.45) is 0 Å². The first-order valence-corrected chi connectivity index (χ1v) is 8.76. The third-order valence-electron chi connectivity index (χ3n) is 4.88. The molecule has 0 saturated carbocycles. The van der Waals surface area contributed by atoms with Gasteiger partial charge in [0.25, 0.3) is 0 Å². The van der Waals surface area contributed by atoms with E-state index in [4.69, 9.17) is 9.72 Å². The molecule has 1 N–H and O–H groups in total. The predicted octanol–water partition coefficient (Wildman–Crippen LogP) is 1.08. The van der Waals surface area contributed by atoms with Crippen molar-refractivity contribution in [2.75, 3.05) is 31.1 Å². The quantitative estimate of drug-likeness (QED) is 0.772. The van der Waals surface area contributed by atoms with Crippen LogP contribution >= 0.6 is 0 Å². The summed E-state index contributed by atoms with van der Waals surface area (Å²) >= 11 is 0. The van der Waals surface area contributed by atoms with E-state index in [1.165, 1.54) is 17.1 Å². The summed E-state index contributed by atoms with van der Waals surface area (Å²) in [6, 6.07) is 5.78. The van der Waals surface area contributed by atoms with E-state index >= 15 is 0 Å². The highest BCUT2D eigenvalue weighted by Gasteiger charge is 2.33. The molecule has 25 heavy (non-hydrogen) atoms. The number of nitrogens with one attached hydrogen (secondary N) is 1. The van der Waals surface area contributed by atoms with Gasteiger partial charge in [0.05, 0.1) is 25.0 Å². The van der Waals surface area contributed by atoms with Crippen molar-refractivity contribution < 1.29 is 4.74 Å². The number of hydrogen-bond acceptors (Lipinski definition) is 6. The molecule has 1 saturated heterocycles. The van der Waals surface area contributed by atoms with E-state index < -0.39 is 0 Å². The maximum Gasteiger partial charge on any atom is 0.157 e. The average Bonchev–Trinajstić information content (AvgIpc) is 2.94. The molecule has 3 aromatic rings. The first kappa shape index (κ1) is 14.7. The number of rotatable bonds is 3. The zero-order valence-electron chi connectivity index (χ0n) is 13.9. The maximum absolute atomic E-state index is 6.03. The molecule has 7 nitrogen and oxygen atoms in total. The lowest BCUT2D eigenvalue weighted by molar-refractivity contribution is 0.166. The molecule has 0 aromatic carbocycles. The number of anilines is 1. The lowest BCUT2D eigenvalue weighted by Gasteiger charge is -2.41. The second kappa shape index (κ2) is 6.00. The molecule has 128 valence electrons. The number of nitrogens with zero attached hydrogens (tertiary/aromatic N) is 5. The summed E-state index contributed by atoms with van der Waals surface area (Å²) in [7, 11) is 0. The Kier molecular flexibility index (Phi) is 3.52. The van der Waals surface area contributed by atoms with Gasteiger partial charge in [0.15, 0.2) is 5.65 Å². The predicted molar refractivity (Wildman–Crippen MR) is 94.1 cm³/mol. The molecule has 5 heterocycles. The molecule has 0 amide bonds. The Bertz CT molecular complexity index is 887. The molecule has 0 unspecified atom stereocenters. The summed E-state index contributed by atoms with van der Waals surface area (Å²) in [4.78, 5) is 11.2. The molecule has 0 bridgehead atoms. The fraction of sp³-hybridized carbons (Fsp3) is 0.389. The minimum Gasteiger partial charge on any atom is -0.487 e. The third-order valence-corrected chi connectivity index (χ3v) is 4.88. The summed E-state index contributed by atoms with van der Waals surface area (Å²) in [6.45, 7) is 3.69. The van der Waals surface area contributed by atoms with Gasteiger partial charge in [-0.15, -0.1) is 0 Å². The SMILES string of the molecule is c1cc(OC2CN(c3c4c(nc5ccnn35)CCNCC4)C2)ccn1. The van der Waals surface area contributed by atoms with Crippen LogP contribution in [0.25, 0.3) is 5.65 Å². The highest BCUT2D eigenvalue weighted by Crippen LogP contribution is 2.30. The number of ether oxygens (including phenoxy) is 1. The van der Waals surface area contributed by atoms with E-state index in [9.17, 15) is 0 Å². The molecule has 2 aliphatic rings. The smallest absolute Gasteiger partial charge is 0.157 e. The van der Waals surface area contributed by atoms with Crippen LogP contribution in [-0.4, -0.2) is 51.9 Å². The summed E-state index contributed by atoms with van der Waals surface area (Å²) in [5.41, 5.74) is 3.45. The summed E-state index contributed by atoms with van der Waals surface area (Å²) in [6.07, 6.45) is 7.49. The molecule has 0 atom stereocenters. The Labute approximate surface area is 145 Å². The van der Waals surface area contributed by atoms with Gasteiger partial charge in [0, 0.05) is 37.0 Å². The van der Waals surface area contributed by atoms with E-state index in [0.29, 0.717) is 0 Å². The Balaban J connectivity index is 1.43. The number of pyridine rings is 1. The Morgan fingerprint density at radius 1 is 1.04 bits per heavy atom. The molecule has 3 aromatic heterocycles. The molecule has 5 rings (SSSR count). The van der Waals surface area contributed by atoms with Crippen LogP contribution in [0.3, 0.4) is 0 Å². The third kappa shape index (κ3) is 2.60. The minimum absolute atomic E-state index is 0.195. The van der Waals surface area contributed by atoms with Gasteiger partial charge in [0.1, 0.15) is 17.7 Å². The Morgan fingerprint density at radius 3 is 2.76 bits per heavy atom. The fourth-order valence-electron chi connectivity index (χ4n) is 3.63. The Morgan fingerprint density at radius 2 is 1.88 bits per heavy atom. The number of hydrogen-bond donors (Lipinski definition) is 1. The fourth-order valence-corrected chi connectivity index (χ4v) is 3.63. The van der Waals surface area contributed by atoms with Gasteiger partial charge in [0.2, 0.25) is 0 Å². The van der Waals surface area contributed by atoms with E-state index in [0.717, 1.165) is 50.4 Å². The van der Waals surface area contributed by atoms with Crippen LogP contribution in [0, 0.1) is 0 Å². The molecular weight excluding hydrogens is 316 g/mol. The highest BCUT2D eigenvalue weighted by molar-refractivity contribution is 5.59. The summed E-state index contributed by atoms with van der Waals surface area (Å²) in [5, 5.41) is 7.98. The molecular formula is C18H20N6O. The van der Waals surface area contributed by atoms with Crippen molar-refractivity contribution in [1.29, 1.82) is 0 Å². The van der Waals surface area contributed by atoms with Crippen molar-refractivity contribution in [2.45, 2.75) is 18.9 Å². The van der Waals surface area contributed by atoms with E-state index in [1.807, 2.05) is 28.9 Å². The number of fused-ring (bicyclic) bond motifs is 2. The standard InChI is InChI=1S/C18H20N6O/c1-6-19-7-2-13(1)25-14-11-23(12-14)18-15-3-8-20-9-4-16(15)22-17-5-10-21-24(17)18/h1-2,5-7,10,14,20H,3-4,8-9,11-12H2. The van der Waals surface area contributed by atoms with E-state index in [1.54, 1.807) is 12.4 Å². The lowest BCUT2D eigenvalue weighted by Crippen LogP contribution is -2.55. The second-order valence-electron chi connectivity index (χ2n) is 6.54. The minimum atomic E-state index is 0.195. The molecule has 0 aliphatic carbocycles. The zero-order chi connectivity index (χ0) is 16.6. The zero-order valence-corrected chi connectivity index (χ0v) is 13.9. The molecule has 1 fully saturated rings. The van der Waals surface area contributed by atoms with Gasteiger partial charge >= 0.3 is 0 Å². The lowest BCUT2D eigenvalue weighted by atomic mass is 10.1. The number of aromatic nitrogens is 4. The van der Waals surface area contributed by atoms with Crippen molar-refractivity contribution in [3.63, 3.8) is 0 Å². The van der Waals surface area contributed by atoms with Crippen LogP contribution in [-0.2, 0) is 12.8 Å². The van der Waals surface area contributed by atoms with Crippen LogP contribution < -0.4 is 15.0 Å². The van der Waals surface area contributed by atoms with Crippen molar-refractivity contribution in [3.8, 4) is 5.75 Å². The van der Waals surface area contributed by atoms with Crippen LogP contribution in [0.1, 0.15) is 11.3 Å². The monoisotopic (exact) mass is 336 g/mol.